The zero-order valence-electron chi connectivity index (χ0n) is 16.2. The Kier molecular flexibility index (Phi) is 6.27. The van der Waals surface area contributed by atoms with E-state index in [0.717, 1.165) is 28.4 Å². The first-order valence-electron chi connectivity index (χ1n) is 9.40. The average molecular weight is 390 g/mol. The van der Waals surface area contributed by atoms with Gasteiger partial charge >= 0.3 is 0 Å². The second kappa shape index (κ2) is 8.48. The van der Waals surface area contributed by atoms with E-state index >= 15 is 0 Å². The molecule has 0 bridgehead atoms. The van der Waals surface area contributed by atoms with Crippen LogP contribution in [0.5, 0.6) is 5.75 Å². The monoisotopic (exact) mass is 389 g/mol. The van der Waals surface area contributed by atoms with Gasteiger partial charge in [-0.05, 0) is 44.9 Å². The molecule has 6 heteroatoms. The predicted molar refractivity (Wildman–Crippen MR) is 112 cm³/mol. The van der Waals surface area contributed by atoms with Crippen molar-refractivity contribution >= 4 is 16.8 Å². The molecule has 27 heavy (non-hydrogen) atoms. The van der Waals surface area contributed by atoms with Crippen molar-refractivity contribution in [2.75, 3.05) is 20.2 Å². The Morgan fingerprint density at radius 3 is 3.04 bits per heavy atom. The molecule has 3 unspecified atom stereocenters. The molecule has 0 amide bonds. The van der Waals surface area contributed by atoms with Gasteiger partial charge in [-0.3, -0.25) is 5.01 Å². The first kappa shape index (κ1) is 20.0. The van der Waals surface area contributed by atoms with E-state index in [1.165, 1.54) is 6.92 Å². The zero-order chi connectivity index (χ0) is 19.4. The topological polar surface area (TPSA) is 50.8 Å². The standard InChI is InChI=1S/C21H28FN3OS/c1-15(8-4-5-9-16(2)22)20-24-25(3)21(27-20)17(12-13-23)14-26-19-11-7-6-10-18(19)21/h5-11,16-17H,4,12-14,23H2,1-3H3/b9-5?,15-8+. The number of fused-ring (bicyclic) bond motifs is 2. The molecule has 1 aromatic rings. The van der Waals surface area contributed by atoms with Gasteiger partial charge in [-0.25, -0.2) is 4.39 Å². The lowest BCUT2D eigenvalue weighted by Gasteiger charge is -2.45. The van der Waals surface area contributed by atoms with E-state index in [1.807, 2.05) is 31.3 Å². The van der Waals surface area contributed by atoms with Gasteiger partial charge in [0.15, 0.2) is 0 Å². The van der Waals surface area contributed by atoms with E-state index in [4.69, 9.17) is 15.6 Å². The lowest BCUT2D eigenvalue weighted by molar-refractivity contribution is 0.0764. The molecule has 0 saturated carbocycles. The van der Waals surface area contributed by atoms with Gasteiger partial charge in [-0.2, -0.15) is 5.10 Å². The Hall–Kier alpha value is -1.79. The van der Waals surface area contributed by atoms with Crippen LogP contribution < -0.4 is 10.5 Å². The minimum absolute atomic E-state index is 0.244. The van der Waals surface area contributed by atoms with Crippen LogP contribution in [0.1, 0.15) is 32.3 Å². The van der Waals surface area contributed by atoms with Crippen LogP contribution in [0.3, 0.4) is 0 Å². The van der Waals surface area contributed by atoms with Gasteiger partial charge < -0.3 is 10.5 Å². The fourth-order valence-corrected chi connectivity index (χ4v) is 5.18. The van der Waals surface area contributed by atoms with Crippen LogP contribution in [0.4, 0.5) is 4.39 Å². The third-order valence-corrected chi connectivity index (χ3v) is 6.78. The maximum Gasteiger partial charge on any atom is 0.143 e. The molecule has 4 nitrogen and oxygen atoms in total. The number of allylic oxidation sites excluding steroid dienone is 3. The Bertz CT molecular complexity index is 762. The van der Waals surface area contributed by atoms with Crippen molar-refractivity contribution < 1.29 is 9.13 Å². The number of ether oxygens (including phenoxy) is 1. The molecule has 0 saturated heterocycles. The lowest BCUT2D eigenvalue weighted by atomic mass is 9.87. The molecular formula is C21H28FN3OS. The van der Waals surface area contributed by atoms with Crippen LogP contribution in [-0.2, 0) is 4.87 Å². The van der Waals surface area contributed by atoms with Crippen LogP contribution in [0, 0.1) is 5.92 Å². The van der Waals surface area contributed by atoms with E-state index in [0.29, 0.717) is 19.6 Å². The van der Waals surface area contributed by atoms with Gasteiger partial charge in [-0.15, -0.1) is 0 Å². The molecule has 0 fully saturated rings. The minimum atomic E-state index is -0.915. The van der Waals surface area contributed by atoms with Crippen LogP contribution in [0.2, 0.25) is 0 Å². The highest BCUT2D eigenvalue weighted by Crippen LogP contribution is 2.56. The van der Waals surface area contributed by atoms with Crippen LogP contribution in [0.15, 0.2) is 53.2 Å². The second-order valence-corrected chi connectivity index (χ2v) is 8.25. The molecule has 146 valence electrons. The number of alkyl halides is 1. The normalized spacial score (nSPS) is 26.3. The van der Waals surface area contributed by atoms with Gasteiger partial charge in [0.2, 0.25) is 0 Å². The molecule has 1 spiro atoms. The van der Waals surface area contributed by atoms with Gasteiger partial charge in [0.25, 0.3) is 0 Å². The first-order valence-corrected chi connectivity index (χ1v) is 10.2. The molecule has 3 atom stereocenters. The third kappa shape index (κ3) is 3.92. The van der Waals surface area contributed by atoms with Crippen LogP contribution >= 0.6 is 11.8 Å². The largest absolute Gasteiger partial charge is 0.493 e. The number of hydrogen-bond donors (Lipinski definition) is 1. The molecule has 0 aromatic heterocycles. The highest BCUT2D eigenvalue weighted by Gasteiger charge is 2.53. The molecule has 2 N–H and O–H groups in total. The quantitative estimate of drug-likeness (QED) is 0.731. The number of hydrogen-bond acceptors (Lipinski definition) is 5. The first-order chi connectivity index (χ1) is 13.0. The maximum atomic E-state index is 12.9. The Morgan fingerprint density at radius 1 is 1.52 bits per heavy atom. The van der Waals surface area contributed by atoms with Crippen molar-refractivity contribution in [1.82, 2.24) is 5.01 Å². The van der Waals surface area contributed by atoms with Gasteiger partial charge in [0.05, 0.1) is 6.61 Å². The SMILES string of the molecule is C/C(=C\CC=CC(C)F)C1=NN(C)C2(S1)c1ccccc1OCC2CCN. The number of thioether (sulfide) groups is 1. The summed E-state index contributed by atoms with van der Waals surface area (Å²) in [6.07, 6.45) is 6.18. The van der Waals surface area contributed by atoms with E-state index in [1.54, 1.807) is 17.8 Å². The zero-order valence-corrected chi connectivity index (χ0v) is 17.0. The van der Waals surface area contributed by atoms with Crippen molar-refractivity contribution in [2.45, 2.75) is 37.7 Å². The van der Waals surface area contributed by atoms with E-state index < -0.39 is 6.17 Å². The number of rotatable bonds is 6. The molecule has 0 radical (unpaired) electrons. The maximum absolute atomic E-state index is 12.9. The van der Waals surface area contributed by atoms with E-state index in [9.17, 15) is 4.39 Å². The average Bonchev–Trinajstić information content (AvgIpc) is 2.99. The van der Waals surface area contributed by atoms with Crippen molar-refractivity contribution in [2.24, 2.45) is 16.8 Å². The van der Waals surface area contributed by atoms with Crippen molar-refractivity contribution in [3.05, 3.63) is 53.6 Å². The smallest absolute Gasteiger partial charge is 0.143 e. The second-order valence-electron chi connectivity index (χ2n) is 7.04. The van der Waals surface area contributed by atoms with E-state index in [2.05, 4.69) is 24.1 Å². The summed E-state index contributed by atoms with van der Waals surface area (Å²) >= 11 is 1.78. The fraction of sp³-hybridized carbons (Fsp3) is 0.476. The summed E-state index contributed by atoms with van der Waals surface area (Å²) in [7, 11) is 2.03. The minimum Gasteiger partial charge on any atom is -0.493 e. The third-order valence-electron chi connectivity index (χ3n) is 5.05. The highest BCUT2D eigenvalue weighted by atomic mass is 32.2. The molecular weight excluding hydrogens is 361 g/mol. The molecule has 3 rings (SSSR count). The molecule has 2 aliphatic heterocycles. The molecule has 2 aliphatic rings. The van der Waals surface area contributed by atoms with Gasteiger partial charge in [-0.1, -0.05) is 48.2 Å². The Balaban J connectivity index is 1.89. The van der Waals surface area contributed by atoms with Gasteiger partial charge in [0.1, 0.15) is 21.8 Å². The van der Waals surface area contributed by atoms with Crippen molar-refractivity contribution in [1.29, 1.82) is 0 Å². The summed E-state index contributed by atoms with van der Waals surface area (Å²) in [5.74, 6) is 1.16. The van der Waals surface area contributed by atoms with Gasteiger partial charge in [0, 0.05) is 18.5 Å². The number of para-hydroxylation sites is 1. The Morgan fingerprint density at radius 2 is 2.30 bits per heavy atom. The van der Waals surface area contributed by atoms with Crippen LogP contribution in [0.25, 0.3) is 0 Å². The van der Waals surface area contributed by atoms with Crippen molar-refractivity contribution in [3.8, 4) is 5.75 Å². The summed E-state index contributed by atoms with van der Waals surface area (Å²) in [5.41, 5.74) is 8.16. The van der Waals surface area contributed by atoms with Crippen LogP contribution in [-0.4, -0.2) is 36.4 Å². The summed E-state index contributed by atoms with van der Waals surface area (Å²) in [6.45, 7) is 4.84. The number of hydrazone groups is 1. The Labute approximate surface area is 165 Å². The highest BCUT2D eigenvalue weighted by molar-refractivity contribution is 8.15. The number of nitrogens with two attached hydrogens (primary N) is 1. The van der Waals surface area contributed by atoms with Crippen molar-refractivity contribution in [3.63, 3.8) is 0 Å². The molecule has 2 heterocycles. The summed E-state index contributed by atoms with van der Waals surface area (Å²) in [5, 5.41) is 7.93. The number of nitrogens with zero attached hydrogens (tertiary/aromatic N) is 2. The predicted octanol–water partition coefficient (Wildman–Crippen LogP) is 4.44. The number of benzene rings is 1. The summed E-state index contributed by atoms with van der Waals surface area (Å²) in [6, 6.07) is 8.20. The lowest BCUT2D eigenvalue weighted by Crippen LogP contribution is -2.48. The molecule has 1 aromatic carbocycles. The number of halogens is 1. The molecule has 0 aliphatic carbocycles. The summed E-state index contributed by atoms with van der Waals surface area (Å²) < 4.78 is 18.9. The fourth-order valence-electron chi connectivity index (χ4n) is 3.67. The summed E-state index contributed by atoms with van der Waals surface area (Å²) in [4.78, 5) is -0.304. The van der Waals surface area contributed by atoms with E-state index in [-0.39, 0.29) is 10.8 Å².